The number of rotatable bonds is 4. The van der Waals surface area contributed by atoms with Crippen LogP contribution >= 0.6 is 15.9 Å². The Labute approximate surface area is 109 Å². The maximum Gasteiger partial charge on any atom is 0.341 e. The maximum absolute atomic E-state index is 13.4. The molecule has 0 saturated heterocycles. The molecular formula is C9H5BrF4O3S. The second kappa shape index (κ2) is 5.79. The van der Waals surface area contributed by atoms with Gasteiger partial charge in [-0.1, -0.05) is 15.9 Å². The Balaban J connectivity index is 3.58. The molecule has 0 spiro atoms. The summed E-state index contributed by atoms with van der Waals surface area (Å²) in [7, 11) is -2.32. The summed E-state index contributed by atoms with van der Waals surface area (Å²) in [6.45, 7) is 0. The standard InChI is InChI=1S/C9H5BrF4O3S/c10-1-2-18(17)8-6(13)4(11)3(9(15)16)5(12)7(8)14/h1-2H2,(H,15,16). The quantitative estimate of drug-likeness (QED) is 0.516. The van der Waals surface area contributed by atoms with E-state index in [2.05, 4.69) is 15.9 Å². The predicted octanol–water partition coefficient (Wildman–Crippen LogP) is 2.44. The Morgan fingerprint density at radius 1 is 1.11 bits per heavy atom. The average Bonchev–Trinajstić information content (AvgIpc) is 2.27. The van der Waals surface area contributed by atoms with Crippen molar-refractivity contribution in [2.24, 2.45) is 0 Å². The first-order valence-corrected chi connectivity index (χ1v) is 6.80. The van der Waals surface area contributed by atoms with Gasteiger partial charge in [-0.2, -0.15) is 0 Å². The van der Waals surface area contributed by atoms with E-state index >= 15 is 0 Å². The van der Waals surface area contributed by atoms with E-state index in [0.717, 1.165) is 0 Å². The van der Waals surface area contributed by atoms with Crippen LogP contribution in [0.25, 0.3) is 0 Å². The van der Waals surface area contributed by atoms with Crippen molar-refractivity contribution in [1.82, 2.24) is 0 Å². The van der Waals surface area contributed by atoms with E-state index in [1.807, 2.05) is 0 Å². The van der Waals surface area contributed by atoms with E-state index in [9.17, 15) is 26.6 Å². The van der Waals surface area contributed by atoms with E-state index in [4.69, 9.17) is 5.11 Å². The van der Waals surface area contributed by atoms with Gasteiger partial charge in [0, 0.05) is 11.1 Å². The average molecular weight is 349 g/mol. The summed E-state index contributed by atoms with van der Waals surface area (Å²) in [5, 5.41) is 8.52. The summed E-state index contributed by atoms with van der Waals surface area (Å²) in [6, 6.07) is 0. The Morgan fingerprint density at radius 2 is 1.56 bits per heavy atom. The van der Waals surface area contributed by atoms with Crippen LogP contribution in [0.2, 0.25) is 0 Å². The van der Waals surface area contributed by atoms with Crippen molar-refractivity contribution in [3.05, 3.63) is 28.8 Å². The third-order valence-corrected chi connectivity index (χ3v) is 4.24. The minimum atomic E-state index is -2.32. The van der Waals surface area contributed by atoms with Crippen LogP contribution in [0.4, 0.5) is 17.6 Å². The maximum atomic E-state index is 13.4. The van der Waals surface area contributed by atoms with Crippen LogP contribution in [-0.4, -0.2) is 26.4 Å². The highest BCUT2D eigenvalue weighted by Gasteiger charge is 2.31. The summed E-state index contributed by atoms with van der Waals surface area (Å²) in [4.78, 5) is 9.16. The summed E-state index contributed by atoms with van der Waals surface area (Å²) < 4.78 is 64.7. The van der Waals surface area contributed by atoms with Gasteiger partial charge >= 0.3 is 5.97 Å². The van der Waals surface area contributed by atoms with Gasteiger partial charge in [-0.05, 0) is 0 Å². The molecule has 1 N–H and O–H groups in total. The molecule has 0 aliphatic carbocycles. The number of benzene rings is 1. The molecule has 9 heteroatoms. The lowest BCUT2D eigenvalue weighted by Crippen LogP contribution is -2.15. The van der Waals surface area contributed by atoms with Crippen molar-refractivity contribution in [2.45, 2.75) is 4.90 Å². The third-order valence-electron chi connectivity index (χ3n) is 1.93. The fraction of sp³-hybridized carbons (Fsp3) is 0.222. The van der Waals surface area contributed by atoms with Gasteiger partial charge in [0.25, 0.3) is 0 Å². The second-order valence-corrected chi connectivity index (χ2v) is 5.30. The van der Waals surface area contributed by atoms with Gasteiger partial charge < -0.3 is 5.11 Å². The van der Waals surface area contributed by atoms with Crippen molar-refractivity contribution < 1.29 is 31.7 Å². The van der Waals surface area contributed by atoms with Crippen molar-refractivity contribution in [2.75, 3.05) is 11.1 Å². The second-order valence-electron chi connectivity index (χ2n) is 3.00. The van der Waals surface area contributed by atoms with E-state index < -0.39 is 50.5 Å². The molecule has 100 valence electrons. The number of carboxylic acids is 1. The van der Waals surface area contributed by atoms with E-state index in [-0.39, 0.29) is 11.1 Å². The minimum absolute atomic E-state index is 0.0857. The molecule has 0 radical (unpaired) electrons. The summed E-state index contributed by atoms with van der Waals surface area (Å²) in [6.07, 6.45) is 0. The monoisotopic (exact) mass is 348 g/mol. The Kier molecular flexibility index (Phi) is 4.85. The molecule has 1 aromatic carbocycles. The number of halogens is 5. The van der Waals surface area contributed by atoms with Crippen molar-refractivity contribution in [3.8, 4) is 0 Å². The molecule has 0 aliphatic rings. The summed E-state index contributed by atoms with van der Waals surface area (Å²) >= 11 is 2.85. The van der Waals surface area contributed by atoms with Gasteiger partial charge in [-0.25, -0.2) is 22.4 Å². The third kappa shape index (κ3) is 2.56. The van der Waals surface area contributed by atoms with Gasteiger partial charge in [0.1, 0.15) is 10.5 Å². The molecule has 1 unspecified atom stereocenters. The molecule has 0 saturated carbocycles. The largest absolute Gasteiger partial charge is 0.477 e. The summed E-state index contributed by atoms with van der Waals surface area (Å²) in [5.74, 6) is -10.5. The normalized spacial score (nSPS) is 12.5. The minimum Gasteiger partial charge on any atom is -0.477 e. The summed E-state index contributed by atoms with van der Waals surface area (Å²) in [5.41, 5.74) is -1.75. The lowest BCUT2D eigenvalue weighted by atomic mass is 10.2. The van der Waals surface area contributed by atoms with Crippen LogP contribution in [-0.2, 0) is 10.8 Å². The Morgan fingerprint density at radius 3 is 1.89 bits per heavy atom. The number of aromatic carboxylic acids is 1. The van der Waals surface area contributed by atoms with Crippen LogP contribution in [0, 0.1) is 23.3 Å². The zero-order valence-corrected chi connectivity index (χ0v) is 10.9. The van der Waals surface area contributed by atoms with Crippen molar-refractivity contribution in [3.63, 3.8) is 0 Å². The molecule has 0 aliphatic heterocycles. The molecule has 18 heavy (non-hydrogen) atoms. The molecular weight excluding hydrogens is 344 g/mol. The van der Waals surface area contributed by atoms with Crippen LogP contribution in [0.3, 0.4) is 0 Å². The Bertz CT molecular complexity index is 506. The van der Waals surface area contributed by atoms with Gasteiger partial charge in [0.15, 0.2) is 23.3 Å². The smallest absolute Gasteiger partial charge is 0.341 e. The highest BCUT2D eigenvalue weighted by molar-refractivity contribution is 9.09. The molecule has 1 aromatic rings. The molecule has 0 bridgehead atoms. The first-order valence-electron chi connectivity index (χ1n) is 4.36. The fourth-order valence-corrected chi connectivity index (χ4v) is 2.98. The van der Waals surface area contributed by atoms with Gasteiger partial charge in [0.05, 0.1) is 10.8 Å². The Hall–Kier alpha value is -0.960. The molecule has 0 heterocycles. The number of hydrogen-bond donors (Lipinski definition) is 1. The zero-order chi connectivity index (χ0) is 14.0. The molecule has 0 fully saturated rings. The van der Waals surface area contributed by atoms with Gasteiger partial charge in [-0.15, -0.1) is 0 Å². The predicted molar refractivity (Wildman–Crippen MR) is 58.3 cm³/mol. The van der Waals surface area contributed by atoms with Gasteiger partial charge in [-0.3, -0.25) is 4.21 Å². The number of alkyl halides is 1. The van der Waals surface area contributed by atoms with Crippen molar-refractivity contribution >= 4 is 32.7 Å². The topological polar surface area (TPSA) is 54.4 Å². The molecule has 1 rings (SSSR count). The van der Waals surface area contributed by atoms with Crippen LogP contribution in [0.1, 0.15) is 10.4 Å². The van der Waals surface area contributed by atoms with E-state index in [1.165, 1.54) is 0 Å². The SMILES string of the molecule is O=C(O)c1c(F)c(F)c(S(=O)CCBr)c(F)c1F. The highest BCUT2D eigenvalue weighted by atomic mass is 79.9. The van der Waals surface area contributed by atoms with Crippen molar-refractivity contribution in [1.29, 1.82) is 0 Å². The van der Waals surface area contributed by atoms with E-state index in [0.29, 0.717) is 0 Å². The highest BCUT2D eigenvalue weighted by Crippen LogP contribution is 2.26. The van der Waals surface area contributed by atoms with Gasteiger partial charge in [0.2, 0.25) is 0 Å². The number of carboxylic acid groups (broad SMARTS) is 1. The lowest BCUT2D eigenvalue weighted by Gasteiger charge is -2.08. The number of carbonyl (C=O) groups is 1. The molecule has 0 aromatic heterocycles. The van der Waals surface area contributed by atoms with Crippen LogP contribution in [0.15, 0.2) is 4.90 Å². The fourth-order valence-electron chi connectivity index (χ4n) is 1.17. The van der Waals surface area contributed by atoms with Crippen LogP contribution in [0.5, 0.6) is 0 Å². The first kappa shape index (κ1) is 15.1. The molecule has 1 atom stereocenters. The van der Waals surface area contributed by atoms with E-state index in [1.54, 1.807) is 0 Å². The zero-order valence-electron chi connectivity index (χ0n) is 8.48. The lowest BCUT2D eigenvalue weighted by molar-refractivity contribution is 0.0682. The number of hydrogen-bond acceptors (Lipinski definition) is 2. The first-order chi connectivity index (χ1) is 8.32. The molecule has 3 nitrogen and oxygen atoms in total. The molecule has 0 amide bonds. The van der Waals surface area contributed by atoms with Crippen LogP contribution < -0.4 is 0 Å².